The minimum Gasteiger partial charge on any atom is -0.400 e. The molecule has 0 spiro atoms. The molecule has 2 rings (SSSR count). The lowest BCUT2D eigenvalue weighted by Gasteiger charge is -2.16. The predicted octanol–water partition coefficient (Wildman–Crippen LogP) is 2.19. The van der Waals surface area contributed by atoms with Gasteiger partial charge >= 0.3 is 0 Å². The Morgan fingerprint density at radius 1 is 1.33 bits per heavy atom. The van der Waals surface area contributed by atoms with Crippen LogP contribution in [0.1, 0.15) is 27.7 Å². The lowest BCUT2D eigenvalue weighted by Crippen LogP contribution is -2.25. The largest absolute Gasteiger partial charge is 0.400 e. The van der Waals surface area contributed by atoms with Crippen LogP contribution < -0.4 is 0 Å². The highest BCUT2D eigenvalue weighted by Gasteiger charge is 2.17. The highest BCUT2D eigenvalue weighted by Crippen LogP contribution is 2.21. The van der Waals surface area contributed by atoms with Crippen LogP contribution in [0, 0.1) is 0 Å². The van der Waals surface area contributed by atoms with Gasteiger partial charge in [0.1, 0.15) is 6.54 Å². The molecule has 1 saturated heterocycles. The number of aliphatic hydroxyl groups is 1. The Hall–Kier alpha value is 0.290. The maximum absolute atomic E-state index is 7.00. The zero-order valence-corrected chi connectivity index (χ0v) is 14.1. The first-order valence-corrected chi connectivity index (χ1v) is 8.74. The van der Waals surface area contributed by atoms with Gasteiger partial charge in [0, 0.05) is 26.3 Å². The van der Waals surface area contributed by atoms with Crippen molar-refractivity contribution in [3.05, 3.63) is 0 Å². The topological polar surface area (TPSA) is 26.5 Å². The molecule has 0 saturated carbocycles. The van der Waals surface area contributed by atoms with Crippen molar-refractivity contribution in [2.45, 2.75) is 33.1 Å². The molecule has 2 aliphatic rings. The molecule has 108 valence electrons. The van der Waals surface area contributed by atoms with Crippen LogP contribution in [0.2, 0.25) is 0 Å². The Bertz CT molecular complexity index is 247. The van der Waals surface area contributed by atoms with Gasteiger partial charge in [-0.25, -0.2) is 4.58 Å². The second-order valence-electron chi connectivity index (χ2n) is 4.05. The highest BCUT2D eigenvalue weighted by atomic mass is 32.2. The van der Waals surface area contributed by atoms with Gasteiger partial charge in [0.05, 0.1) is 11.1 Å². The maximum atomic E-state index is 7.00. The van der Waals surface area contributed by atoms with Gasteiger partial charge in [0.25, 0.3) is 0 Å². The van der Waals surface area contributed by atoms with E-state index < -0.39 is 0 Å². The molecule has 1 atom stereocenters. The van der Waals surface area contributed by atoms with Gasteiger partial charge in [-0.2, -0.15) is 0 Å². The number of hydrogen-bond acceptors (Lipinski definition) is 4. The van der Waals surface area contributed by atoms with E-state index in [4.69, 9.17) is 5.11 Å². The highest BCUT2D eigenvalue weighted by molar-refractivity contribution is 8.13. The average Bonchev–Trinajstić information content (AvgIpc) is 3.00. The van der Waals surface area contributed by atoms with E-state index in [2.05, 4.69) is 48.9 Å². The van der Waals surface area contributed by atoms with E-state index in [0.717, 1.165) is 12.5 Å². The summed E-state index contributed by atoms with van der Waals surface area (Å²) in [6, 6.07) is 0. The molecule has 5 heteroatoms. The fourth-order valence-electron chi connectivity index (χ4n) is 1.98. The van der Waals surface area contributed by atoms with Gasteiger partial charge in [-0.15, -0.1) is 11.8 Å². The number of rotatable bonds is 2. The van der Waals surface area contributed by atoms with Crippen molar-refractivity contribution in [1.29, 1.82) is 0 Å². The molecule has 1 fully saturated rings. The first kappa shape index (κ1) is 18.3. The van der Waals surface area contributed by atoms with Crippen molar-refractivity contribution in [1.82, 2.24) is 4.90 Å². The Labute approximate surface area is 121 Å². The maximum Gasteiger partial charge on any atom is 0.207 e. The summed E-state index contributed by atoms with van der Waals surface area (Å²) in [4.78, 5) is 2.49. The van der Waals surface area contributed by atoms with E-state index in [1.807, 2.05) is 11.8 Å². The first-order chi connectivity index (χ1) is 8.69. The zero-order valence-electron chi connectivity index (χ0n) is 12.5. The van der Waals surface area contributed by atoms with Crippen LogP contribution in [0.4, 0.5) is 0 Å². The summed E-state index contributed by atoms with van der Waals surface area (Å²) in [7, 11) is 1.00. The Morgan fingerprint density at radius 3 is 2.22 bits per heavy atom. The first-order valence-electron chi connectivity index (χ1n) is 6.70. The van der Waals surface area contributed by atoms with E-state index in [1.165, 1.54) is 42.7 Å². The summed E-state index contributed by atoms with van der Waals surface area (Å²) >= 11 is 4.03. The summed E-state index contributed by atoms with van der Waals surface area (Å²) < 4.78 is 2.41. The molecule has 0 aromatic heterocycles. The predicted molar refractivity (Wildman–Crippen MR) is 86.1 cm³/mol. The van der Waals surface area contributed by atoms with Gasteiger partial charge in [0.15, 0.2) is 6.54 Å². The van der Waals surface area contributed by atoms with Gasteiger partial charge in [-0.3, -0.25) is 4.90 Å². The molecule has 3 nitrogen and oxygen atoms in total. The van der Waals surface area contributed by atoms with Crippen molar-refractivity contribution in [2.75, 3.05) is 44.8 Å². The normalized spacial score (nSPS) is 23.3. The SMILES string of the molecule is CCN1CCSC1C.CC[N+]1=C(C)SCC1.CO. The summed E-state index contributed by atoms with van der Waals surface area (Å²) in [5.74, 6) is 2.62. The van der Waals surface area contributed by atoms with E-state index in [0.29, 0.717) is 0 Å². The molecule has 0 aliphatic carbocycles. The van der Waals surface area contributed by atoms with Crippen LogP contribution in [0.5, 0.6) is 0 Å². The zero-order chi connectivity index (χ0) is 14.0. The second kappa shape index (κ2) is 11.1. The van der Waals surface area contributed by atoms with Crippen LogP contribution in [-0.2, 0) is 0 Å². The van der Waals surface area contributed by atoms with E-state index in [-0.39, 0.29) is 0 Å². The third-order valence-electron chi connectivity index (χ3n) is 3.16. The standard InChI is InChI=1S/C6H13NS.C6H12NS.CH4O/c2*1-3-7-4-5-8-6(7)2;1-2/h6H,3-5H2,1-2H3;3-5H2,1-2H3;2H,1H3/q;+1;. The molecular weight excluding hydrogens is 264 g/mol. The molecule has 18 heavy (non-hydrogen) atoms. The molecular formula is C13H29N2OS2+. The van der Waals surface area contributed by atoms with Crippen LogP contribution in [-0.4, -0.2) is 69.8 Å². The van der Waals surface area contributed by atoms with E-state index in [9.17, 15) is 0 Å². The number of thioether (sulfide) groups is 2. The molecule has 2 aliphatic heterocycles. The lowest BCUT2D eigenvalue weighted by atomic mass is 10.5. The molecule has 0 aromatic carbocycles. The smallest absolute Gasteiger partial charge is 0.207 e. The average molecular weight is 294 g/mol. The van der Waals surface area contributed by atoms with Gasteiger partial charge < -0.3 is 5.11 Å². The fourth-order valence-corrected chi connectivity index (χ4v) is 4.13. The summed E-state index contributed by atoms with van der Waals surface area (Å²) in [6.45, 7) is 13.8. The molecule has 2 heterocycles. The molecule has 0 radical (unpaired) electrons. The summed E-state index contributed by atoms with van der Waals surface area (Å²) in [5, 5.41) is 9.27. The van der Waals surface area contributed by atoms with Crippen molar-refractivity contribution in [2.24, 2.45) is 0 Å². The number of aliphatic hydroxyl groups excluding tert-OH is 1. The van der Waals surface area contributed by atoms with Crippen LogP contribution in [0.15, 0.2) is 0 Å². The number of nitrogens with zero attached hydrogens (tertiary/aromatic N) is 2. The number of hydrogen-bond donors (Lipinski definition) is 1. The summed E-state index contributed by atoms with van der Waals surface area (Å²) in [6.07, 6.45) is 0. The molecule has 0 bridgehead atoms. The van der Waals surface area contributed by atoms with Crippen molar-refractivity contribution in [3.8, 4) is 0 Å². The Kier molecular flexibility index (Phi) is 11.3. The Morgan fingerprint density at radius 2 is 2.00 bits per heavy atom. The van der Waals surface area contributed by atoms with Crippen LogP contribution >= 0.6 is 23.5 Å². The van der Waals surface area contributed by atoms with Gasteiger partial charge in [-0.1, -0.05) is 18.7 Å². The van der Waals surface area contributed by atoms with E-state index in [1.54, 1.807) is 0 Å². The second-order valence-corrected chi connectivity index (χ2v) is 6.76. The lowest BCUT2D eigenvalue weighted by molar-refractivity contribution is -0.514. The van der Waals surface area contributed by atoms with Gasteiger partial charge in [0.2, 0.25) is 5.04 Å². The minimum absolute atomic E-state index is 0.778. The molecule has 0 aromatic rings. The van der Waals surface area contributed by atoms with Crippen LogP contribution in [0.3, 0.4) is 0 Å². The third kappa shape index (κ3) is 6.45. The molecule has 1 unspecified atom stereocenters. The minimum atomic E-state index is 0.778. The van der Waals surface area contributed by atoms with E-state index >= 15 is 0 Å². The third-order valence-corrected chi connectivity index (χ3v) is 5.42. The molecule has 1 N–H and O–H groups in total. The molecule has 0 amide bonds. The van der Waals surface area contributed by atoms with Crippen molar-refractivity contribution in [3.63, 3.8) is 0 Å². The quantitative estimate of drug-likeness (QED) is 0.790. The van der Waals surface area contributed by atoms with Gasteiger partial charge in [-0.05, 0) is 20.4 Å². The van der Waals surface area contributed by atoms with Crippen molar-refractivity contribution >= 4 is 28.6 Å². The summed E-state index contributed by atoms with van der Waals surface area (Å²) in [5.41, 5.74) is 0. The van der Waals surface area contributed by atoms with Crippen LogP contribution in [0.25, 0.3) is 0 Å². The fraction of sp³-hybridized carbons (Fsp3) is 0.923. The van der Waals surface area contributed by atoms with Crippen molar-refractivity contribution < 1.29 is 9.68 Å². The monoisotopic (exact) mass is 293 g/mol. The Balaban J connectivity index is 0.000000283.